The van der Waals surface area contributed by atoms with Crippen molar-refractivity contribution in [1.82, 2.24) is 4.90 Å². The topological polar surface area (TPSA) is 146 Å². The van der Waals surface area contributed by atoms with Gasteiger partial charge in [0.15, 0.2) is 11.5 Å². The van der Waals surface area contributed by atoms with Crippen molar-refractivity contribution in [3.63, 3.8) is 0 Å². The molecule has 3 aliphatic carbocycles. The molecule has 2 saturated carbocycles. The molecule has 5 aliphatic rings. The van der Waals surface area contributed by atoms with Crippen LogP contribution in [0.4, 0.5) is 0 Å². The first-order chi connectivity index (χ1) is 31.4. The Labute approximate surface area is 377 Å². The number of fused-ring (bicyclic) bond motifs is 3. The molecule has 12 heteroatoms. The normalized spacial score (nSPS) is 24.9. The molecule has 2 fully saturated rings. The molecule has 0 saturated heterocycles. The molecule has 64 heavy (non-hydrogen) atoms. The number of allylic oxidation sites excluding steroid dienone is 1. The minimum absolute atomic E-state index is 0.0174. The van der Waals surface area contributed by atoms with Crippen LogP contribution >= 0.6 is 0 Å². The molecule has 1 amide bonds. The Bertz CT molecular complexity index is 2160. The van der Waals surface area contributed by atoms with Gasteiger partial charge in [0.1, 0.15) is 36.2 Å². The first kappa shape index (κ1) is 45.4. The molecule has 0 aromatic heterocycles. The molecular formula is C52H64N2O10. The van der Waals surface area contributed by atoms with Crippen LogP contribution in [0.3, 0.4) is 0 Å². The van der Waals surface area contributed by atoms with Gasteiger partial charge in [0.2, 0.25) is 18.5 Å². The number of aldehydes is 1. The molecule has 2 heterocycles. The maximum Gasteiger partial charge on any atom is 0.239 e. The molecule has 0 radical (unpaired) electrons. The summed E-state index contributed by atoms with van der Waals surface area (Å²) in [5.41, 5.74) is 4.08. The lowest BCUT2D eigenvalue weighted by molar-refractivity contribution is -0.258. The maximum atomic E-state index is 15.2. The van der Waals surface area contributed by atoms with Crippen molar-refractivity contribution in [2.45, 2.75) is 115 Å². The van der Waals surface area contributed by atoms with Gasteiger partial charge in [-0.3, -0.25) is 9.59 Å². The lowest BCUT2D eigenvalue weighted by Crippen LogP contribution is -2.70. The van der Waals surface area contributed by atoms with E-state index in [0.29, 0.717) is 72.5 Å². The van der Waals surface area contributed by atoms with E-state index in [4.69, 9.17) is 33.7 Å². The van der Waals surface area contributed by atoms with Crippen molar-refractivity contribution in [2.75, 3.05) is 33.2 Å². The van der Waals surface area contributed by atoms with Gasteiger partial charge >= 0.3 is 0 Å². The zero-order chi connectivity index (χ0) is 44.5. The number of hydrogen-bond donors (Lipinski definition) is 2. The summed E-state index contributed by atoms with van der Waals surface area (Å²) in [7, 11) is 0. The monoisotopic (exact) mass is 876 g/mol. The second-order valence-electron chi connectivity index (χ2n) is 17.9. The number of unbranched alkanes of at least 4 members (excludes halogenated alkanes) is 2. The second kappa shape index (κ2) is 21.2. The lowest BCUT2D eigenvalue weighted by atomic mass is 9.55. The average Bonchev–Trinajstić information content (AvgIpc) is 4.03. The summed E-state index contributed by atoms with van der Waals surface area (Å²) < 4.78 is 32.7. The quantitative estimate of drug-likeness (QED) is 0.0433. The minimum atomic E-state index is -1.39. The number of aliphatic hydroxyl groups is 2. The Hall–Kier alpha value is -5.17. The third-order valence-corrected chi connectivity index (χ3v) is 13.9. The van der Waals surface area contributed by atoms with Crippen LogP contribution in [0.15, 0.2) is 90.1 Å². The minimum Gasteiger partial charge on any atom is -0.459 e. The van der Waals surface area contributed by atoms with E-state index >= 15 is 4.79 Å². The van der Waals surface area contributed by atoms with Crippen molar-refractivity contribution in [1.29, 1.82) is 0 Å². The Kier molecular flexibility index (Phi) is 15.0. The van der Waals surface area contributed by atoms with Crippen LogP contribution < -0.4 is 18.9 Å². The molecular weight excluding hydrogens is 813 g/mol. The van der Waals surface area contributed by atoms with Crippen LogP contribution in [0.2, 0.25) is 0 Å². The Morgan fingerprint density at radius 1 is 0.938 bits per heavy atom. The van der Waals surface area contributed by atoms with Gasteiger partial charge in [0.05, 0.1) is 18.2 Å². The Morgan fingerprint density at radius 3 is 2.50 bits per heavy atom. The number of hydrogen-bond acceptors (Lipinski definition) is 11. The van der Waals surface area contributed by atoms with Gasteiger partial charge in [-0.05, 0) is 110 Å². The van der Waals surface area contributed by atoms with Gasteiger partial charge in [-0.15, -0.1) is 6.58 Å². The number of aliphatic hydroxyl groups excluding tert-OH is 2. The summed E-state index contributed by atoms with van der Waals surface area (Å²) in [6.45, 7) is 7.15. The zero-order valence-electron chi connectivity index (χ0n) is 37.2. The average molecular weight is 877 g/mol. The summed E-state index contributed by atoms with van der Waals surface area (Å²) >= 11 is 0. The highest BCUT2D eigenvalue weighted by Crippen LogP contribution is 2.62. The van der Waals surface area contributed by atoms with Crippen LogP contribution in [0, 0.1) is 23.7 Å². The SMILES string of the molecule is C=CCOC12Oc3ccc(Oc4cccc(C=O)c4)cc3C3C(CCCCO)C(CCCCO)C=C(C(=NOCC)CC1N(Cc1ccc4c(c1)OCO4)C(=O)CCC1CCCC1)C32. The second-order valence-corrected chi connectivity index (χ2v) is 17.9. The molecule has 3 aromatic rings. The highest BCUT2D eigenvalue weighted by Gasteiger charge is 2.65. The number of oxime groups is 1. The van der Waals surface area contributed by atoms with Crippen molar-refractivity contribution in [2.24, 2.45) is 28.8 Å². The van der Waals surface area contributed by atoms with E-state index in [1.54, 1.807) is 24.3 Å². The summed E-state index contributed by atoms with van der Waals surface area (Å²) in [6, 6.07) is 18.2. The summed E-state index contributed by atoms with van der Waals surface area (Å²) in [5.74, 6) is 1.68. The van der Waals surface area contributed by atoms with Gasteiger partial charge in [-0.25, -0.2) is 0 Å². The van der Waals surface area contributed by atoms with E-state index in [1.807, 2.05) is 48.2 Å². The molecule has 0 spiro atoms. The maximum absolute atomic E-state index is 15.2. The molecule has 12 nitrogen and oxygen atoms in total. The first-order valence-electron chi connectivity index (χ1n) is 23.5. The fraction of sp³-hybridized carbons (Fsp3) is 0.519. The molecule has 6 atom stereocenters. The van der Waals surface area contributed by atoms with Crippen LogP contribution in [-0.4, -0.2) is 78.1 Å². The number of rotatable bonds is 22. The van der Waals surface area contributed by atoms with Gasteiger partial charge in [0, 0.05) is 49.6 Å². The predicted octanol–water partition coefficient (Wildman–Crippen LogP) is 9.67. The van der Waals surface area contributed by atoms with Crippen molar-refractivity contribution >= 4 is 17.9 Å². The third kappa shape index (κ3) is 9.74. The van der Waals surface area contributed by atoms with E-state index in [2.05, 4.69) is 18.7 Å². The largest absolute Gasteiger partial charge is 0.459 e. The van der Waals surface area contributed by atoms with E-state index in [-0.39, 0.29) is 56.8 Å². The molecule has 2 N–H and O–H groups in total. The predicted molar refractivity (Wildman–Crippen MR) is 243 cm³/mol. The Morgan fingerprint density at radius 2 is 1.72 bits per heavy atom. The molecule has 0 bridgehead atoms. The molecule has 342 valence electrons. The van der Waals surface area contributed by atoms with Gasteiger partial charge in [-0.1, -0.05) is 74.0 Å². The number of carbonyl (C=O) groups excluding carboxylic acids is 2. The molecule has 8 rings (SSSR count). The van der Waals surface area contributed by atoms with Gasteiger partial charge < -0.3 is 43.6 Å². The fourth-order valence-electron chi connectivity index (χ4n) is 11.0. The third-order valence-electron chi connectivity index (χ3n) is 13.9. The highest BCUT2D eigenvalue weighted by atomic mass is 16.7. The Balaban J connectivity index is 1.31. The van der Waals surface area contributed by atoms with E-state index in [9.17, 15) is 15.0 Å². The molecule has 2 aliphatic heterocycles. The van der Waals surface area contributed by atoms with E-state index in [0.717, 1.165) is 73.6 Å². The summed E-state index contributed by atoms with van der Waals surface area (Å²) in [5, 5.41) is 24.8. The van der Waals surface area contributed by atoms with E-state index in [1.165, 1.54) is 12.8 Å². The number of amides is 1. The highest BCUT2D eigenvalue weighted by molar-refractivity contribution is 6.03. The van der Waals surface area contributed by atoms with Crippen LogP contribution in [0.25, 0.3) is 0 Å². The molecule has 3 aromatic carbocycles. The van der Waals surface area contributed by atoms with Crippen LogP contribution in [0.1, 0.15) is 118 Å². The summed E-state index contributed by atoms with van der Waals surface area (Å²) in [4.78, 5) is 34.8. The summed E-state index contributed by atoms with van der Waals surface area (Å²) in [6.07, 6.45) is 15.7. The first-order valence-corrected chi connectivity index (χ1v) is 23.5. The number of carbonyl (C=O) groups is 2. The van der Waals surface area contributed by atoms with Crippen LogP contribution in [-0.2, 0) is 20.9 Å². The van der Waals surface area contributed by atoms with Crippen molar-refractivity contribution in [3.05, 3.63) is 102 Å². The zero-order valence-corrected chi connectivity index (χ0v) is 37.2. The number of ether oxygens (including phenoxy) is 5. The van der Waals surface area contributed by atoms with Gasteiger partial charge in [0.25, 0.3) is 0 Å². The van der Waals surface area contributed by atoms with E-state index < -0.39 is 17.7 Å². The number of benzene rings is 3. The van der Waals surface area contributed by atoms with Crippen molar-refractivity contribution < 1.29 is 48.3 Å². The fourth-order valence-corrected chi connectivity index (χ4v) is 11.0. The lowest BCUT2D eigenvalue weighted by Gasteiger charge is -2.60. The van der Waals surface area contributed by atoms with Crippen LogP contribution in [0.5, 0.6) is 28.7 Å². The van der Waals surface area contributed by atoms with Gasteiger partial charge in [-0.2, -0.15) is 0 Å². The van der Waals surface area contributed by atoms with Crippen molar-refractivity contribution in [3.8, 4) is 28.7 Å². The standard InChI is InChI=1S/C52H64N2O10/c1-3-26-61-52-48(54(49(58)23-19-35-12-5-6-13-35)32-36-18-21-46-47(28-36)60-34-59-46)31-44(53-62-4-2)42-29-38(15-7-9-24-55)41(17-8-10-25-56)50(51(42)52)43-30-40(20-22-45(43)64-52)63-39-16-11-14-37(27-39)33-57/h3,11,14,16,18,20-22,27-30,33,35,38,41,48,50-51,55-56H,1,4-10,12-13,15,17,19,23-26,31-32,34H2,2H3. The molecule has 6 unspecified atom stereocenters. The smallest absolute Gasteiger partial charge is 0.239 e. The number of nitrogens with zero attached hydrogens (tertiary/aromatic N) is 2.